The van der Waals surface area contributed by atoms with Gasteiger partial charge in [0.25, 0.3) is 0 Å². The first kappa shape index (κ1) is 11.2. The van der Waals surface area contributed by atoms with Gasteiger partial charge in [0.05, 0.1) is 12.6 Å². The zero-order valence-electron chi connectivity index (χ0n) is 9.58. The molecule has 1 aromatic heterocycles. The van der Waals surface area contributed by atoms with E-state index in [2.05, 4.69) is 16.4 Å². The third-order valence-electron chi connectivity index (χ3n) is 3.02. The summed E-state index contributed by atoms with van der Waals surface area (Å²) in [5.41, 5.74) is 7.99. The number of rotatable bonds is 2. The predicted molar refractivity (Wildman–Crippen MR) is 72.4 cm³/mol. The maximum atomic E-state index is 13.0. The summed E-state index contributed by atoms with van der Waals surface area (Å²) < 4.78 is 13.0. The van der Waals surface area contributed by atoms with Gasteiger partial charge in [-0.1, -0.05) is 0 Å². The molecule has 0 saturated carbocycles. The van der Waals surface area contributed by atoms with Crippen molar-refractivity contribution in [3.05, 3.63) is 52.5 Å². The minimum Gasteiger partial charge on any atom is -0.369 e. The van der Waals surface area contributed by atoms with E-state index in [4.69, 9.17) is 5.73 Å². The molecule has 0 radical (unpaired) electrons. The highest BCUT2D eigenvalue weighted by atomic mass is 32.1. The Bertz CT molecular complexity index is 562. The van der Waals surface area contributed by atoms with E-state index in [0.29, 0.717) is 12.5 Å². The molecular formula is C13H12FN3S. The van der Waals surface area contributed by atoms with E-state index < -0.39 is 0 Å². The number of anilines is 1. The lowest BCUT2D eigenvalue weighted by Crippen LogP contribution is -2.35. The Labute approximate surface area is 108 Å². The van der Waals surface area contributed by atoms with E-state index in [1.807, 2.05) is 10.3 Å². The van der Waals surface area contributed by atoms with Crippen LogP contribution in [-0.2, 0) is 0 Å². The summed E-state index contributed by atoms with van der Waals surface area (Å²) in [6.45, 7) is 0.639. The monoisotopic (exact) mass is 261 g/mol. The van der Waals surface area contributed by atoms with E-state index >= 15 is 0 Å². The number of nitrogens with zero attached hydrogens (tertiary/aromatic N) is 2. The van der Waals surface area contributed by atoms with Crippen molar-refractivity contribution < 1.29 is 4.39 Å². The number of hydrogen-bond acceptors (Lipinski definition) is 4. The first-order chi connectivity index (χ1) is 8.75. The highest BCUT2D eigenvalue weighted by Crippen LogP contribution is 2.31. The Kier molecular flexibility index (Phi) is 2.76. The molecule has 2 aromatic rings. The second-order valence-electron chi connectivity index (χ2n) is 4.12. The molecule has 1 atom stereocenters. The van der Waals surface area contributed by atoms with Crippen LogP contribution in [0.2, 0.25) is 0 Å². The maximum Gasteiger partial charge on any atom is 0.196 e. The number of halogens is 1. The highest BCUT2D eigenvalue weighted by Gasteiger charge is 2.28. The summed E-state index contributed by atoms with van der Waals surface area (Å²) in [6.07, 6.45) is 0. The van der Waals surface area contributed by atoms with Crippen molar-refractivity contribution in [2.45, 2.75) is 6.04 Å². The second-order valence-corrected chi connectivity index (χ2v) is 4.90. The van der Waals surface area contributed by atoms with Gasteiger partial charge in [0, 0.05) is 5.69 Å². The van der Waals surface area contributed by atoms with Gasteiger partial charge in [0.2, 0.25) is 0 Å². The van der Waals surface area contributed by atoms with Crippen molar-refractivity contribution in [1.29, 1.82) is 0 Å². The van der Waals surface area contributed by atoms with Crippen molar-refractivity contribution in [3.8, 4) is 0 Å². The number of benzene rings is 1. The molecule has 0 aliphatic carbocycles. The van der Waals surface area contributed by atoms with Crippen LogP contribution in [0.3, 0.4) is 0 Å². The molecule has 3 nitrogen and oxygen atoms in total. The molecule has 3 rings (SSSR count). The zero-order valence-corrected chi connectivity index (χ0v) is 10.4. The summed E-state index contributed by atoms with van der Waals surface area (Å²) in [7, 11) is 0. The van der Waals surface area contributed by atoms with Gasteiger partial charge in [-0.15, -0.1) is 0 Å². The van der Waals surface area contributed by atoms with Gasteiger partial charge in [-0.3, -0.25) is 4.99 Å². The fourth-order valence-electron chi connectivity index (χ4n) is 2.13. The molecule has 92 valence electrons. The van der Waals surface area contributed by atoms with E-state index in [9.17, 15) is 4.39 Å². The van der Waals surface area contributed by atoms with Crippen LogP contribution in [0, 0.1) is 5.82 Å². The first-order valence-corrected chi connectivity index (χ1v) is 6.57. The van der Waals surface area contributed by atoms with Crippen molar-refractivity contribution in [2.75, 3.05) is 11.4 Å². The van der Waals surface area contributed by atoms with Gasteiger partial charge in [0.15, 0.2) is 5.96 Å². The summed E-state index contributed by atoms with van der Waals surface area (Å²) >= 11 is 1.65. The van der Waals surface area contributed by atoms with Crippen LogP contribution in [0.25, 0.3) is 0 Å². The lowest BCUT2D eigenvalue weighted by molar-refractivity contribution is 0.627. The van der Waals surface area contributed by atoms with Crippen molar-refractivity contribution in [1.82, 2.24) is 0 Å². The third-order valence-corrected chi connectivity index (χ3v) is 3.72. The summed E-state index contributed by atoms with van der Waals surface area (Å²) in [5, 5.41) is 4.13. The minimum absolute atomic E-state index is 0.113. The molecule has 2 N–H and O–H groups in total. The minimum atomic E-state index is -0.249. The molecule has 18 heavy (non-hydrogen) atoms. The standard InChI is InChI=1S/C13H12FN3S/c14-10-1-3-11(4-2-10)17-12(7-16-13(17)15)9-5-6-18-8-9/h1-6,8,12H,7H2,(H2,15,16). The average Bonchev–Trinajstić information content (AvgIpc) is 2.99. The smallest absolute Gasteiger partial charge is 0.196 e. The number of guanidine groups is 1. The van der Waals surface area contributed by atoms with E-state index in [1.54, 1.807) is 23.5 Å². The largest absolute Gasteiger partial charge is 0.369 e. The van der Waals surface area contributed by atoms with Crippen LogP contribution < -0.4 is 10.6 Å². The first-order valence-electron chi connectivity index (χ1n) is 5.62. The maximum absolute atomic E-state index is 13.0. The van der Waals surface area contributed by atoms with Crippen LogP contribution in [0.1, 0.15) is 11.6 Å². The van der Waals surface area contributed by atoms with Crippen LogP contribution >= 0.6 is 11.3 Å². The van der Waals surface area contributed by atoms with Crippen LogP contribution in [0.5, 0.6) is 0 Å². The molecule has 0 fully saturated rings. The van der Waals surface area contributed by atoms with E-state index in [-0.39, 0.29) is 11.9 Å². The van der Waals surface area contributed by atoms with Gasteiger partial charge < -0.3 is 10.6 Å². The molecule has 1 aliphatic heterocycles. The number of aliphatic imine (C=N–C) groups is 1. The van der Waals surface area contributed by atoms with Crippen molar-refractivity contribution >= 4 is 23.0 Å². The fourth-order valence-corrected chi connectivity index (χ4v) is 2.84. The molecule has 1 aliphatic rings. The van der Waals surface area contributed by atoms with Crippen molar-refractivity contribution in [3.63, 3.8) is 0 Å². The molecule has 0 spiro atoms. The van der Waals surface area contributed by atoms with Crippen LogP contribution in [-0.4, -0.2) is 12.5 Å². The van der Waals surface area contributed by atoms with Gasteiger partial charge in [-0.25, -0.2) is 4.39 Å². The zero-order chi connectivity index (χ0) is 12.5. The summed E-state index contributed by atoms with van der Waals surface area (Å²) in [5.74, 6) is 0.235. The fraction of sp³-hybridized carbons (Fsp3) is 0.154. The van der Waals surface area contributed by atoms with Gasteiger partial charge in [-0.05, 0) is 46.7 Å². The molecule has 5 heteroatoms. The Morgan fingerprint density at radius 2 is 2.06 bits per heavy atom. The highest BCUT2D eigenvalue weighted by molar-refractivity contribution is 7.08. The third kappa shape index (κ3) is 1.86. The molecule has 1 unspecified atom stereocenters. The van der Waals surface area contributed by atoms with Crippen molar-refractivity contribution in [2.24, 2.45) is 10.7 Å². The molecule has 0 bridgehead atoms. The molecule has 2 heterocycles. The Hall–Kier alpha value is -1.88. The van der Waals surface area contributed by atoms with E-state index in [0.717, 1.165) is 5.69 Å². The Morgan fingerprint density at radius 1 is 1.28 bits per heavy atom. The normalized spacial score (nSPS) is 19.1. The lowest BCUT2D eigenvalue weighted by Gasteiger charge is -2.25. The summed E-state index contributed by atoms with van der Waals surface area (Å²) in [4.78, 5) is 6.23. The second kappa shape index (κ2) is 4.42. The SMILES string of the molecule is NC1=NCC(c2ccsc2)N1c1ccc(F)cc1. The quantitative estimate of drug-likeness (QED) is 0.903. The Morgan fingerprint density at radius 3 is 2.72 bits per heavy atom. The number of hydrogen-bond donors (Lipinski definition) is 1. The van der Waals surface area contributed by atoms with Crippen LogP contribution in [0.15, 0.2) is 46.1 Å². The molecule has 1 aromatic carbocycles. The average molecular weight is 261 g/mol. The summed E-state index contributed by atoms with van der Waals surface area (Å²) in [6, 6.07) is 8.50. The van der Waals surface area contributed by atoms with Crippen LogP contribution in [0.4, 0.5) is 10.1 Å². The van der Waals surface area contributed by atoms with Gasteiger partial charge >= 0.3 is 0 Å². The lowest BCUT2D eigenvalue weighted by atomic mass is 10.1. The Balaban J connectivity index is 1.97. The molecule has 0 saturated heterocycles. The molecule has 0 amide bonds. The number of nitrogens with two attached hydrogens (primary N) is 1. The molecular weight excluding hydrogens is 249 g/mol. The number of thiophene rings is 1. The topological polar surface area (TPSA) is 41.6 Å². The van der Waals surface area contributed by atoms with Gasteiger partial charge in [0.1, 0.15) is 5.82 Å². The predicted octanol–water partition coefficient (Wildman–Crippen LogP) is 2.76. The van der Waals surface area contributed by atoms with E-state index in [1.165, 1.54) is 17.7 Å². The van der Waals surface area contributed by atoms with Gasteiger partial charge in [-0.2, -0.15) is 11.3 Å².